The maximum atomic E-state index is 12.9. The van der Waals surface area contributed by atoms with E-state index in [2.05, 4.69) is 14.7 Å². The number of nitrogens with zero attached hydrogens (tertiary/aromatic N) is 3. The first-order valence-electron chi connectivity index (χ1n) is 9.70. The summed E-state index contributed by atoms with van der Waals surface area (Å²) in [6.07, 6.45) is -2.07. The van der Waals surface area contributed by atoms with Crippen molar-refractivity contribution < 1.29 is 22.5 Å². The fourth-order valence-electron chi connectivity index (χ4n) is 3.18. The van der Waals surface area contributed by atoms with E-state index in [4.69, 9.17) is 0 Å². The van der Waals surface area contributed by atoms with E-state index in [-0.39, 0.29) is 11.7 Å². The van der Waals surface area contributed by atoms with Gasteiger partial charge in [0, 0.05) is 18.7 Å². The molecule has 1 aliphatic carbocycles. The smallest absolute Gasteiger partial charge is 0.338 e. The highest BCUT2D eigenvalue weighted by Crippen LogP contribution is 2.31. The summed E-state index contributed by atoms with van der Waals surface area (Å²) in [6, 6.07) is 16.4. The Morgan fingerprint density at radius 2 is 1.73 bits per heavy atom. The fourth-order valence-corrected chi connectivity index (χ4v) is 3.18. The molecule has 1 aromatic heterocycles. The van der Waals surface area contributed by atoms with E-state index < -0.39 is 12.1 Å². The molecular weight excluding hydrogens is 395 g/mol. The molecule has 0 bridgehead atoms. The predicted octanol–water partition coefficient (Wildman–Crippen LogP) is 4.74. The number of hydrogen-bond acceptors (Lipinski definition) is 4. The Morgan fingerprint density at radius 3 is 2.33 bits per heavy atom. The lowest BCUT2D eigenvalue weighted by Gasteiger charge is -2.23. The topological polar surface area (TPSA) is 59.2 Å². The van der Waals surface area contributed by atoms with E-state index in [1.807, 2.05) is 35.2 Å². The summed E-state index contributed by atoms with van der Waals surface area (Å²) in [5, 5.41) is 3.40. The minimum atomic E-state index is -4.67. The van der Waals surface area contributed by atoms with E-state index in [1.165, 1.54) is 0 Å². The van der Waals surface area contributed by atoms with Crippen LogP contribution < -0.4 is 0 Å². The van der Waals surface area contributed by atoms with Crippen LogP contribution in [0, 0.1) is 5.92 Å². The monoisotopic (exact) mass is 415 g/mol. The summed E-state index contributed by atoms with van der Waals surface area (Å²) in [5.41, 5.74) is 2.28. The molecule has 1 fully saturated rings. The molecule has 3 aromatic rings. The van der Waals surface area contributed by atoms with E-state index in [0.717, 1.165) is 24.0 Å². The van der Waals surface area contributed by atoms with Crippen LogP contribution in [-0.4, -0.2) is 27.5 Å². The van der Waals surface area contributed by atoms with Crippen LogP contribution in [0.15, 0.2) is 59.1 Å². The Kier molecular flexibility index (Phi) is 5.57. The Hall–Kier alpha value is -3.16. The molecule has 1 amide bonds. The molecule has 0 saturated heterocycles. The number of halogens is 3. The molecule has 0 aliphatic heterocycles. The zero-order valence-corrected chi connectivity index (χ0v) is 16.1. The average Bonchev–Trinajstić information content (AvgIpc) is 3.39. The zero-order chi connectivity index (χ0) is 21.1. The molecule has 5 nitrogen and oxygen atoms in total. The lowest BCUT2D eigenvalue weighted by Crippen LogP contribution is -2.33. The maximum Gasteiger partial charge on any atom is 0.471 e. The average molecular weight is 415 g/mol. The van der Waals surface area contributed by atoms with Gasteiger partial charge < -0.3 is 9.42 Å². The second kappa shape index (κ2) is 8.30. The summed E-state index contributed by atoms with van der Waals surface area (Å²) in [5.74, 6) is -0.887. The molecule has 0 spiro atoms. The maximum absolute atomic E-state index is 12.9. The van der Waals surface area contributed by atoms with Crippen molar-refractivity contribution in [2.24, 2.45) is 5.92 Å². The second-order valence-electron chi connectivity index (χ2n) is 7.50. The zero-order valence-electron chi connectivity index (χ0n) is 16.1. The van der Waals surface area contributed by atoms with Crippen molar-refractivity contribution in [3.8, 4) is 11.4 Å². The SMILES string of the molecule is O=C(Cc1ccccc1)N(Cc1ccc(-c2noc(C(F)(F)F)n2)cc1)CC1CC1. The highest BCUT2D eigenvalue weighted by Gasteiger charge is 2.38. The summed E-state index contributed by atoms with van der Waals surface area (Å²) in [7, 11) is 0. The standard InChI is InChI=1S/C22H20F3N3O2/c23-22(24,25)21-26-20(27-30-21)18-10-8-17(9-11-18)14-28(13-16-6-7-16)19(29)12-15-4-2-1-3-5-15/h1-5,8-11,16H,6-7,12-14H2. The van der Waals surface area contributed by atoms with E-state index >= 15 is 0 Å². The number of benzene rings is 2. The number of alkyl halides is 3. The van der Waals surface area contributed by atoms with Gasteiger partial charge in [0.1, 0.15) is 0 Å². The van der Waals surface area contributed by atoms with Crippen LogP contribution in [0.1, 0.15) is 29.9 Å². The lowest BCUT2D eigenvalue weighted by atomic mass is 10.1. The number of hydrogen-bond donors (Lipinski definition) is 0. The van der Waals surface area contributed by atoms with Gasteiger partial charge in [0.2, 0.25) is 11.7 Å². The van der Waals surface area contributed by atoms with Crippen LogP contribution >= 0.6 is 0 Å². The molecule has 8 heteroatoms. The molecule has 1 aliphatic rings. The predicted molar refractivity (Wildman–Crippen MR) is 103 cm³/mol. The van der Waals surface area contributed by atoms with Gasteiger partial charge in [0.15, 0.2) is 0 Å². The van der Waals surface area contributed by atoms with Crippen molar-refractivity contribution in [2.75, 3.05) is 6.54 Å². The van der Waals surface area contributed by atoms with Crippen molar-refractivity contribution in [1.82, 2.24) is 15.0 Å². The molecule has 1 saturated carbocycles. The van der Waals surface area contributed by atoms with Gasteiger partial charge in [-0.2, -0.15) is 18.2 Å². The Labute approximate surface area is 171 Å². The number of amides is 1. The van der Waals surface area contributed by atoms with Crippen LogP contribution in [0.25, 0.3) is 11.4 Å². The van der Waals surface area contributed by atoms with Gasteiger partial charge in [0.25, 0.3) is 0 Å². The quantitative estimate of drug-likeness (QED) is 0.560. The molecule has 1 heterocycles. The third kappa shape index (κ3) is 5.06. The minimum absolute atomic E-state index is 0.0603. The van der Waals surface area contributed by atoms with Crippen molar-refractivity contribution in [3.05, 3.63) is 71.6 Å². The molecule has 30 heavy (non-hydrogen) atoms. The normalized spacial score (nSPS) is 14.0. The van der Waals surface area contributed by atoms with Crippen molar-refractivity contribution in [3.63, 3.8) is 0 Å². The molecule has 0 atom stereocenters. The summed E-state index contributed by atoms with van der Waals surface area (Å²) >= 11 is 0. The number of carbonyl (C=O) groups excluding carboxylic acids is 1. The van der Waals surface area contributed by atoms with Crippen LogP contribution in [0.4, 0.5) is 13.2 Å². The van der Waals surface area contributed by atoms with Crippen molar-refractivity contribution in [1.29, 1.82) is 0 Å². The van der Waals surface area contributed by atoms with E-state index in [9.17, 15) is 18.0 Å². The number of carbonyl (C=O) groups is 1. The molecular formula is C22H20F3N3O2. The van der Waals surface area contributed by atoms with Crippen LogP contribution in [0.2, 0.25) is 0 Å². The van der Waals surface area contributed by atoms with Gasteiger partial charge in [-0.25, -0.2) is 0 Å². The van der Waals surface area contributed by atoms with Gasteiger partial charge in [-0.1, -0.05) is 59.8 Å². The fraction of sp³-hybridized carbons (Fsp3) is 0.318. The highest BCUT2D eigenvalue weighted by molar-refractivity contribution is 5.78. The largest absolute Gasteiger partial charge is 0.471 e. The van der Waals surface area contributed by atoms with Gasteiger partial charge in [-0.3, -0.25) is 4.79 Å². The van der Waals surface area contributed by atoms with Crippen molar-refractivity contribution in [2.45, 2.75) is 32.0 Å². The lowest BCUT2D eigenvalue weighted by molar-refractivity contribution is -0.159. The van der Waals surface area contributed by atoms with Crippen LogP contribution in [-0.2, 0) is 23.9 Å². The van der Waals surface area contributed by atoms with Gasteiger partial charge >= 0.3 is 12.1 Å². The number of rotatable bonds is 7. The number of aromatic nitrogens is 2. The first kappa shape index (κ1) is 20.1. The third-order valence-electron chi connectivity index (χ3n) is 4.98. The minimum Gasteiger partial charge on any atom is -0.338 e. The van der Waals surface area contributed by atoms with Crippen molar-refractivity contribution >= 4 is 5.91 Å². The third-order valence-corrected chi connectivity index (χ3v) is 4.98. The molecule has 2 aromatic carbocycles. The van der Waals surface area contributed by atoms with E-state index in [1.54, 1.807) is 24.3 Å². The van der Waals surface area contributed by atoms with Gasteiger partial charge in [-0.15, -0.1) is 0 Å². The van der Waals surface area contributed by atoms with Gasteiger partial charge in [-0.05, 0) is 29.9 Å². The summed E-state index contributed by atoms with van der Waals surface area (Å²) in [6.45, 7) is 1.16. The van der Waals surface area contributed by atoms with E-state index in [0.29, 0.717) is 31.0 Å². The Balaban J connectivity index is 1.45. The summed E-state index contributed by atoms with van der Waals surface area (Å²) < 4.78 is 42.2. The first-order chi connectivity index (χ1) is 14.4. The first-order valence-corrected chi connectivity index (χ1v) is 9.70. The van der Waals surface area contributed by atoms with Crippen LogP contribution in [0.3, 0.4) is 0 Å². The molecule has 0 unspecified atom stereocenters. The van der Waals surface area contributed by atoms with Gasteiger partial charge in [0.05, 0.1) is 6.42 Å². The molecule has 156 valence electrons. The summed E-state index contributed by atoms with van der Waals surface area (Å²) in [4.78, 5) is 18.1. The molecule has 0 radical (unpaired) electrons. The highest BCUT2D eigenvalue weighted by atomic mass is 19.4. The second-order valence-corrected chi connectivity index (χ2v) is 7.50. The molecule has 0 N–H and O–H groups in total. The Bertz CT molecular complexity index is 996. The van der Waals surface area contributed by atoms with Crippen LogP contribution in [0.5, 0.6) is 0 Å². The Morgan fingerprint density at radius 1 is 1.03 bits per heavy atom. The molecule has 4 rings (SSSR count).